The van der Waals surface area contributed by atoms with E-state index in [9.17, 15) is 4.79 Å². The van der Waals surface area contributed by atoms with Gasteiger partial charge in [-0.1, -0.05) is 25.4 Å². The lowest BCUT2D eigenvalue weighted by Gasteiger charge is -2.19. The maximum absolute atomic E-state index is 12.5. The lowest BCUT2D eigenvalue weighted by atomic mass is 10.0. The molecule has 3 N–H and O–H groups in total. The first kappa shape index (κ1) is 18.4. The molecule has 2 aromatic heterocycles. The Bertz CT molecular complexity index is 726. The summed E-state index contributed by atoms with van der Waals surface area (Å²) in [4.78, 5) is 16.9. The van der Waals surface area contributed by atoms with Gasteiger partial charge < -0.3 is 11.1 Å². The number of aryl methyl sites for hydroxylation is 2. The largest absolute Gasteiger partial charge is 0.347 e. The number of amides is 1. The van der Waals surface area contributed by atoms with Crippen molar-refractivity contribution in [3.63, 3.8) is 0 Å². The molecule has 6 nitrogen and oxygen atoms in total. The molecule has 0 saturated carbocycles. The molecule has 24 heavy (non-hydrogen) atoms. The monoisotopic (exact) mass is 349 g/mol. The van der Waals surface area contributed by atoms with Gasteiger partial charge in [0.1, 0.15) is 5.69 Å². The summed E-state index contributed by atoms with van der Waals surface area (Å²) in [5.74, 6) is 0.672. The van der Waals surface area contributed by atoms with Gasteiger partial charge in [0.05, 0.1) is 10.7 Å². The third-order valence-electron chi connectivity index (χ3n) is 3.65. The Morgan fingerprint density at radius 2 is 2.08 bits per heavy atom. The summed E-state index contributed by atoms with van der Waals surface area (Å²) in [6, 6.07) is 5.25. The molecule has 0 aromatic carbocycles. The Kier molecular flexibility index (Phi) is 5.96. The first-order valence-electron chi connectivity index (χ1n) is 8.03. The lowest BCUT2D eigenvalue weighted by molar-refractivity contribution is 0.0929. The lowest BCUT2D eigenvalue weighted by Crippen LogP contribution is -2.41. The van der Waals surface area contributed by atoms with Crippen LogP contribution in [0, 0.1) is 19.8 Å². The van der Waals surface area contributed by atoms with Gasteiger partial charge in [-0.2, -0.15) is 5.10 Å². The number of nitrogens with two attached hydrogens (primary N) is 1. The van der Waals surface area contributed by atoms with Crippen molar-refractivity contribution in [2.75, 3.05) is 6.54 Å². The van der Waals surface area contributed by atoms with Crippen LogP contribution in [0.15, 0.2) is 18.2 Å². The Labute approximate surface area is 147 Å². The molecule has 0 spiro atoms. The van der Waals surface area contributed by atoms with Crippen molar-refractivity contribution in [3.05, 3.63) is 40.3 Å². The predicted molar refractivity (Wildman–Crippen MR) is 95.6 cm³/mol. The van der Waals surface area contributed by atoms with E-state index in [1.807, 2.05) is 19.9 Å². The van der Waals surface area contributed by atoms with Gasteiger partial charge in [0, 0.05) is 18.3 Å². The summed E-state index contributed by atoms with van der Waals surface area (Å²) < 4.78 is 1.69. The van der Waals surface area contributed by atoms with Crippen molar-refractivity contribution in [1.29, 1.82) is 0 Å². The van der Waals surface area contributed by atoms with Crippen LogP contribution in [-0.4, -0.2) is 33.3 Å². The van der Waals surface area contributed by atoms with Crippen molar-refractivity contribution in [1.82, 2.24) is 20.1 Å². The highest BCUT2D eigenvalue weighted by Gasteiger charge is 2.19. The molecule has 0 fully saturated rings. The topological polar surface area (TPSA) is 85.8 Å². The number of carbonyl (C=O) groups is 1. The second kappa shape index (κ2) is 7.77. The third-order valence-corrected chi connectivity index (χ3v) is 3.95. The molecule has 0 aliphatic carbocycles. The minimum absolute atomic E-state index is 0.104. The van der Waals surface area contributed by atoms with Crippen LogP contribution < -0.4 is 11.1 Å². The number of carbonyl (C=O) groups excluding carboxylic acids is 1. The molecule has 2 rings (SSSR count). The molecule has 1 amide bonds. The van der Waals surface area contributed by atoms with Crippen molar-refractivity contribution in [3.8, 4) is 5.82 Å². The summed E-state index contributed by atoms with van der Waals surface area (Å²) in [6.07, 6.45) is 0.803. The molecule has 0 aliphatic heterocycles. The number of rotatable bonds is 6. The number of hydrogen-bond acceptors (Lipinski definition) is 4. The molecule has 0 radical (unpaired) electrons. The molecule has 0 aliphatic rings. The van der Waals surface area contributed by atoms with E-state index in [0.717, 1.165) is 17.8 Å². The van der Waals surface area contributed by atoms with E-state index in [-0.39, 0.29) is 17.6 Å². The Morgan fingerprint density at radius 3 is 2.62 bits per heavy atom. The van der Waals surface area contributed by atoms with Crippen molar-refractivity contribution >= 4 is 17.5 Å². The average molecular weight is 350 g/mol. The van der Waals surface area contributed by atoms with Gasteiger partial charge in [-0.3, -0.25) is 4.79 Å². The van der Waals surface area contributed by atoms with Crippen molar-refractivity contribution in [2.45, 2.75) is 40.2 Å². The fourth-order valence-electron chi connectivity index (χ4n) is 2.61. The van der Waals surface area contributed by atoms with E-state index in [0.29, 0.717) is 23.3 Å². The summed E-state index contributed by atoms with van der Waals surface area (Å²) in [7, 11) is 0. The highest BCUT2D eigenvalue weighted by molar-refractivity contribution is 6.33. The second-order valence-corrected chi connectivity index (χ2v) is 6.78. The molecule has 0 saturated heterocycles. The van der Waals surface area contributed by atoms with E-state index in [4.69, 9.17) is 17.3 Å². The van der Waals surface area contributed by atoms with Gasteiger partial charge in [-0.15, -0.1) is 0 Å². The number of pyridine rings is 1. The second-order valence-electron chi connectivity index (χ2n) is 6.37. The summed E-state index contributed by atoms with van der Waals surface area (Å²) in [5, 5.41) is 7.60. The first-order valence-corrected chi connectivity index (χ1v) is 8.40. The normalized spacial score (nSPS) is 12.5. The van der Waals surface area contributed by atoms with E-state index >= 15 is 0 Å². The van der Waals surface area contributed by atoms with E-state index in [1.165, 1.54) is 0 Å². The maximum Gasteiger partial charge on any atom is 0.271 e. The fourth-order valence-corrected chi connectivity index (χ4v) is 2.80. The zero-order valence-corrected chi connectivity index (χ0v) is 15.3. The Morgan fingerprint density at radius 1 is 1.38 bits per heavy atom. The standard InChI is InChI=1S/C17H24ClN5O/c1-10(2)7-13(9-19)20-17(24)16-14(18)5-6-15(21-16)23-12(4)8-11(3)22-23/h5-6,8,10,13H,7,9,19H2,1-4H3,(H,20,24). The molecule has 2 heterocycles. The van der Waals surface area contributed by atoms with Crippen LogP contribution in [0.2, 0.25) is 5.02 Å². The molecular weight excluding hydrogens is 326 g/mol. The highest BCUT2D eigenvalue weighted by Crippen LogP contribution is 2.18. The Hall–Kier alpha value is -1.92. The van der Waals surface area contributed by atoms with Gasteiger partial charge in [0.15, 0.2) is 5.82 Å². The maximum atomic E-state index is 12.5. The number of hydrogen-bond donors (Lipinski definition) is 2. The molecular formula is C17H24ClN5O. The number of aromatic nitrogens is 3. The van der Waals surface area contributed by atoms with Crippen LogP contribution in [0.5, 0.6) is 0 Å². The van der Waals surface area contributed by atoms with Gasteiger partial charge in [-0.05, 0) is 44.4 Å². The van der Waals surface area contributed by atoms with E-state index in [1.54, 1.807) is 16.8 Å². The van der Waals surface area contributed by atoms with Gasteiger partial charge in [0.25, 0.3) is 5.91 Å². The first-order chi connectivity index (χ1) is 11.3. The van der Waals surface area contributed by atoms with Crippen LogP contribution in [0.3, 0.4) is 0 Å². The van der Waals surface area contributed by atoms with Gasteiger partial charge >= 0.3 is 0 Å². The SMILES string of the molecule is Cc1cc(C)n(-c2ccc(Cl)c(C(=O)NC(CN)CC(C)C)n2)n1. The number of nitrogens with one attached hydrogen (secondary N) is 1. The smallest absolute Gasteiger partial charge is 0.271 e. The summed E-state index contributed by atoms with van der Waals surface area (Å²) in [5.41, 5.74) is 7.75. The zero-order chi connectivity index (χ0) is 17.9. The van der Waals surface area contributed by atoms with Crippen LogP contribution in [0.4, 0.5) is 0 Å². The molecule has 0 bridgehead atoms. The van der Waals surface area contributed by atoms with Crippen LogP contribution in [-0.2, 0) is 0 Å². The summed E-state index contributed by atoms with van der Waals surface area (Å²) >= 11 is 6.17. The average Bonchev–Trinajstić information content (AvgIpc) is 2.85. The van der Waals surface area contributed by atoms with E-state index < -0.39 is 0 Å². The molecule has 7 heteroatoms. The van der Waals surface area contributed by atoms with Gasteiger partial charge in [-0.25, -0.2) is 9.67 Å². The minimum atomic E-state index is -0.320. The quantitative estimate of drug-likeness (QED) is 0.839. The van der Waals surface area contributed by atoms with Crippen molar-refractivity contribution < 1.29 is 4.79 Å². The molecule has 2 aromatic rings. The minimum Gasteiger partial charge on any atom is -0.347 e. The van der Waals surface area contributed by atoms with Crippen LogP contribution in [0.25, 0.3) is 5.82 Å². The van der Waals surface area contributed by atoms with Crippen molar-refractivity contribution in [2.24, 2.45) is 11.7 Å². The number of halogens is 1. The summed E-state index contributed by atoms with van der Waals surface area (Å²) in [6.45, 7) is 8.39. The number of nitrogens with zero attached hydrogens (tertiary/aromatic N) is 3. The highest BCUT2D eigenvalue weighted by atomic mass is 35.5. The predicted octanol–water partition coefficient (Wildman–Crippen LogP) is 2.64. The third kappa shape index (κ3) is 4.33. The van der Waals surface area contributed by atoms with E-state index in [2.05, 4.69) is 29.2 Å². The van der Waals surface area contributed by atoms with Crippen LogP contribution in [0.1, 0.15) is 42.1 Å². The van der Waals surface area contributed by atoms with Gasteiger partial charge in [0.2, 0.25) is 0 Å². The molecule has 1 unspecified atom stereocenters. The Balaban J connectivity index is 2.28. The molecule has 1 atom stereocenters. The zero-order valence-electron chi connectivity index (χ0n) is 14.5. The fraction of sp³-hybridized carbons (Fsp3) is 0.471. The molecule has 130 valence electrons. The van der Waals surface area contributed by atoms with Crippen LogP contribution >= 0.6 is 11.6 Å².